The monoisotopic (exact) mass is 265 g/mol. The fourth-order valence-electron chi connectivity index (χ4n) is 2.58. The lowest BCUT2D eigenvalue weighted by Crippen LogP contribution is -2.42. The Morgan fingerprint density at radius 3 is 3.22 bits per heavy atom. The Kier molecular flexibility index (Phi) is 3.05. The molecule has 0 aromatic carbocycles. The fraction of sp³-hybridized carbons (Fsp3) is 0.500. The summed E-state index contributed by atoms with van der Waals surface area (Å²) in [4.78, 5) is 18.7. The van der Waals surface area contributed by atoms with Crippen molar-refractivity contribution in [1.29, 1.82) is 0 Å². The minimum atomic E-state index is 0.0852. The molecule has 0 aliphatic carbocycles. The third-order valence-electron chi connectivity index (χ3n) is 3.50. The maximum Gasteiger partial charge on any atom is 0.196 e. The van der Waals surface area contributed by atoms with E-state index in [1.54, 1.807) is 0 Å². The number of hydrogen-bond acceptors (Lipinski definition) is 5. The summed E-state index contributed by atoms with van der Waals surface area (Å²) in [6.45, 7) is 0.973. The van der Waals surface area contributed by atoms with Crippen LogP contribution in [0.1, 0.15) is 29.8 Å². The highest BCUT2D eigenvalue weighted by atomic mass is 32.1. The van der Waals surface area contributed by atoms with E-state index in [9.17, 15) is 9.90 Å². The number of imidazole rings is 1. The molecule has 2 aromatic rings. The zero-order chi connectivity index (χ0) is 12.5. The van der Waals surface area contributed by atoms with Crippen molar-refractivity contribution in [2.24, 2.45) is 0 Å². The zero-order valence-corrected chi connectivity index (χ0v) is 10.8. The minimum absolute atomic E-state index is 0.0852. The van der Waals surface area contributed by atoms with Gasteiger partial charge in [0.1, 0.15) is 5.69 Å². The number of nitrogens with zero attached hydrogens (tertiary/aromatic N) is 3. The van der Waals surface area contributed by atoms with Gasteiger partial charge in [-0.05, 0) is 19.3 Å². The second-order valence-electron chi connectivity index (χ2n) is 4.52. The highest BCUT2D eigenvalue weighted by Gasteiger charge is 2.27. The van der Waals surface area contributed by atoms with E-state index in [-0.39, 0.29) is 12.6 Å². The molecule has 1 fully saturated rings. The van der Waals surface area contributed by atoms with Gasteiger partial charge in [-0.2, -0.15) is 0 Å². The number of aromatic nitrogens is 2. The minimum Gasteiger partial charge on any atom is -0.394 e. The molecule has 3 heterocycles. The molecule has 1 aliphatic rings. The highest BCUT2D eigenvalue weighted by molar-refractivity contribution is 7.15. The third kappa shape index (κ3) is 1.72. The van der Waals surface area contributed by atoms with Gasteiger partial charge in [0.25, 0.3) is 0 Å². The molecule has 0 amide bonds. The molecule has 0 saturated carbocycles. The Morgan fingerprint density at radius 2 is 2.44 bits per heavy atom. The summed E-state index contributed by atoms with van der Waals surface area (Å²) >= 11 is 1.51. The van der Waals surface area contributed by atoms with Crippen LogP contribution in [0, 0.1) is 0 Å². The predicted octanol–water partition coefficient (Wildman–Crippen LogP) is 1.56. The Bertz CT molecular complexity index is 563. The number of fused-ring (bicyclic) bond motifs is 1. The molecule has 18 heavy (non-hydrogen) atoms. The number of aldehydes is 1. The molecule has 96 valence electrons. The van der Waals surface area contributed by atoms with Crippen molar-refractivity contribution in [3.8, 4) is 0 Å². The second-order valence-corrected chi connectivity index (χ2v) is 5.39. The van der Waals surface area contributed by atoms with Crippen molar-refractivity contribution in [2.75, 3.05) is 18.1 Å². The standard InChI is InChI=1S/C12H15N3O2S/c16-7-9-3-1-2-4-14(9)11-10(8-17)15-5-6-18-12(15)13-11/h5-6,8-9,16H,1-4,7H2. The number of hydrogen-bond donors (Lipinski definition) is 1. The molecular formula is C12H15N3O2S. The molecule has 1 atom stereocenters. The molecule has 0 bridgehead atoms. The molecule has 0 spiro atoms. The number of thiazole rings is 1. The van der Waals surface area contributed by atoms with E-state index in [4.69, 9.17) is 0 Å². The first kappa shape index (κ1) is 11.7. The lowest BCUT2D eigenvalue weighted by atomic mass is 10.0. The van der Waals surface area contributed by atoms with Crippen molar-refractivity contribution in [1.82, 2.24) is 9.38 Å². The van der Waals surface area contributed by atoms with Gasteiger partial charge in [-0.1, -0.05) is 0 Å². The quantitative estimate of drug-likeness (QED) is 0.856. The Balaban J connectivity index is 2.06. The van der Waals surface area contributed by atoms with Crippen LogP contribution in [0.4, 0.5) is 5.82 Å². The van der Waals surface area contributed by atoms with Gasteiger partial charge in [0.15, 0.2) is 17.1 Å². The first-order chi connectivity index (χ1) is 8.85. The number of aliphatic hydroxyl groups is 1. The molecular weight excluding hydrogens is 250 g/mol. The van der Waals surface area contributed by atoms with E-state index in [1.807, 2.05) is 16.0 Å². The summed E-state index contributed by atoms with van der Waals surface area (Å²) in [5, 5.41) is 11.4. The second kappa shape index (κ2) is 4.70. The van der Waals surface area contributed by atoms with Gasteiger partial charge >= 0.3 is 0 Å². The first-order valence-electron chi connectivity index (χ1n) is 6.13. The molecule has 1 aliphatic heterocycles. The summed E-state index contributed by atoms with van der Waals surface area (Å²) in [7, 11) is 0. The van der Waals surface area contributed by atoms with Crippen molar-refractivity contribution >= 4 is 28.4 Å². The summed E-state index contributed by atoms with van der Waals surface area (Å²) in [6, 6.07) is 0.0852. The van der Waals surface area contributed by atoms with Crippen LogP contribution in [0.15, 0.2) is 11.6 Å². The van der Waals surface area contributed by atoms with Crippen LogP contribution in [0.25, 0.3) is 4.96 Å². The van der Waals surface area contributed by atoms with E-state index in [1.165, 1.54) is 11.3 Å². The summed E-state index contributed by atoms with van der Waals surface area (Å²) in [6.07, 6.45) is 5.88. The maximum atomic E-state index is 11.3. The SMILES string of the molecule is O=Cc1c(N2CCCCC2CO)nc2sccn12. The van der Waals surface area contributed by atoms with Gasteiger partial charge in [-0.3, -0.25) is 9.20 Å². The molecule has 6 heteroatoms. The van der Waals surface area contributed by atoms with Crippen molar-refractivity contribution in [3.63, 3.8) is 0 Å². The number of carbonyl (C=O) groups excluding carboxylic acids is 1. The van der Waals surface area contributed by atoms with Crippen molar-refractivity contribution < 1.29 is 9.90 Å². The third-order valence-corrected chi connectivity index (χ3v) is 4.26. The Morgan fingerprint density at radius 1 is 1.56 bits per heavy atom. The number of anilines is 1. The summed E-state index contributed by atoms with van der Waals surface area (Å²) in [5.41, 5.74) is 0.589. The molecule has 1 unspecified atom stereocenters. The van der Waals surface area contributed by atoms with E-state index in [0.717, 1.165) is 42.9 Å². The number of rotatable bonds is 3. The van der Waals surface area contributed by atoms with E-state index in [0.29, 0.717) is 5.69 Å². The van der Waals surface area contributed by atoms with Gasteiger partial charge in [0.05, 0.1) is 12.6 Å². The van der Waals surface area contributed by atoms with Gasteiger partial charge in [-0.25, -0.2) is 4.98 Å². The van der Waals surface area contributed by atoms with E-state index >= 15 is 0 Å². The van der Waals surface area contributed by atoms with Crippen LogP contribution in [0.2, 0.25) is 0 Å². The van der Waals surface area contributed by atoms with Crippen LogP contribution < -0.4 is 4.90 Å². The van der Waals surface area contributed by atoms with Gasteiger partial charge < -0.3 is 10.0 Å². The van der Waals surface area contributed by atoms with Crippen LogP contribution in [-0.4, -0.2) is 40.0 Å². The van der Waals surface area contributed by atoms with Gasteiger partial charge in [0.2, 0.25) is 0 Å². The lowest BCUT2D eigenvalue weighted by Gasteiger charge is -2.35. The van der Waals surface area contributed by atoms with Crippen molar-refractivity contribution in [2.45, 2.75) is 25.3 Å². The lowest BCUT2D eigenvalue weighted by molar-refractivity contribution is 0.111. The fourth-order valence-corrected chi connectivity index (χ4v) is 3.30. The van der Waals surface area contributed by atoms with E-state index < -0.39 is 0 Å². The molecule has 0 radical (unpaired) electrons. The predicted molar refractivity (Wildman–Crippen MR) is 70.5 cm³/mol. The molecule has 2 aromatic heterocycles. The van der Waals surface area contributed by atoms with Gasteiger partial charge in [0, 0.05) is 18.1 Å². The van der Waals surface area contributed by atoms with Crippen LogP contribution >= 0.6 is 11.3 Å². The van der Waals surface area contributed by atoms with E-state index in [2.05, 4.69) is 9.88 Å². The Labute approximate surface area is 109 Å². The largest absolute Gasteiger partial charge is 0.394 e. The molecule has 5 nitrogen and oxygen atoms in total. The normalized spacial score (nSPS) is 20.5. The number of aliphatic hydroxyl groups excluding tert-OH is 1. The van der Waals surface area contributed by atoms with Gasteiger partial charge in [-0.15, -0.1) is 11.3 Å². The molecule has 3 rings (SSSR count). The highest BCUT2D eigenvalue weighted by Crippen LogP contribution is 2.28. The Hall–Kier alpha value is -1.40. The average Bonchev–Trinajstić information content (AvgIpc) is 2.98. The molecule has 1 N–H and O–H groups in total. The molecule has 1 saturated heterocycles. The zero-order valence-electron chi connectivity index (χ0n) is 9.95. The number of carbonyl (C=O) groups is 1. The smallest absolute Gasteiger partial charge is 0.196 e. The first-order valence-corrected chi connectivity index (χ1v) is 7.01. The maximum absolute atomic E-state index is 11.3. The summed E-state index contributed by atoms with van der Waals surface area (Å²) < 4.78 is 1.82. The topological polar surface area (TPSA) is 57.8 Å². The summed E-state index contributed by atoms with van der Waals surface area (Å²) in [5.74, 6) is 0.718. The number of piperidine rings is 1. The van der Waals surface area contributed by atoms with Crippen LogP contribution in [0.3, 0.4) is 0 Å². The van der Waals surface area contributed by atoms with Crippen LogP contribution in [0.5, 0.6) is 0 Å². The average molecular weight is 265 g/mol. The van der Waals surface area contributed by atoms with Crippen molar-refractivity contribution in [3.05, 3.63) is 17.3 Å². The van der Waals surface area contributed by atoms with Crippen LogP contribution in [-0.2, 0) is 0 Å².